The molecule has 0 unspecified atom stereocenters. The van der Waals surface area contributed by atoms with Crippen LogP contribution < -0.4 is 5.32 Å². The number of hydrogen-bond donors (Lipinski definition) is 1. The lowest BCUT2D eigenvalue weighted by Crippen LogP contribution is -2.12. The van der Waals surface area contributed by atoms with Crippen molar-refractivity contribution >= 4 is 50.7 Å². The number of halogens is 4. The lowest BCUT2D eigenvalue weighted by atomic mass is 10.2. The van der Waals surface area contributed by atoms with Crippen LogP contribution in [0.1, 0.15) is 15.9 Å². The van der Waals surface area contributed by atoms with Crippen LogP contribution in [0.2, 0.25) is 10.0 Å². The van der Waals surface area contributed by atoms with E-state index < -0.39 is 11.7 Å². The number of anilines is 1. The van der Waals surface area contributed by atoms with Gasteiger partial charge in [-0.25, -0.2) is 4.39 Å². The molecule has 0 aromatic heterocycles. The molecule has 0 spiro atoms. The van der Waals surface area contributed by atoms with Gasteiger partial charge < -0.3 is 5.32 Å². The van der Waals surface area contributed by atoms with E-state index in [0.29, 0.717) is 21.3 Å². The monoisotopic (exact) mass is 375 g/mol. The van der Waals surface area contributed by atoms with Crippen molar-refractivity contribution in [3.05, 3.63) is 61.8 Å². The van der Waals surface area contributed by atoms with Crippen molar-refractivity contribution in [3.8, 4) is 0 Å². The summed E-state index contributed by atoms with van der Waals surface area (Å²) < 4.78 is 13.4. The first-order valence-electron chi connectivity index (χ1n) is 5.60. The topological polar surface area (TPSA) is 29.1 Å². The molecule has 20 heavy (non-hydrogen) atoms. The number of aryl methyl sites for hydroxylation is 1. The van der Waals surface area contributed by atoms with Crippen molar-refractivity contribution in [2.24, 2.45) is 0 Å². The fraction of sp³-hybridized carbons (Fsp3) is 0.0714. The molecular weight excluding hydrogens is 368 g/mol. The maximum absolute atomic E-state index is 13.1. The van der Waals surface area contributed by atoms with Crippen molar-refractivity contribution in [1.82, 2.24) is 0 Å². The number of nitrogens with one attached hydrogen (secondary N) is 1. The summed E-state index contributed by atoms with van der Waals surface area (Å²) >= 11 is 15.1. The predicted octanol–water partition coefficient (Wildman–Crippen LogP) is 5.46. The Balaban J connectivity index is 2.27. The SMILES string of the molecule is Cc1cc(Cl)c(NC(=O)c2ccc(F)c(Br)c2)cc1Cl. The van der Waals surface area contributed by atoms with E-state index in [1.807, 2.05) is 6.92 Å². The maximum Gasteiger partial charge on any atom is 0.255 e. The molecule has 0 aliphatic carbocycles. The highest BCUT2D eigenvalue weighted by Crippen LogP contribution is 2.29. The van der Waals surface area contributed by atoms with Crippen molar-refractivity contribution in [3.63, 3.8) is 0 Å². The minimum absolute atomic E-state index is 0.221. The van der Waals surface area contributed by atoms with Gasteiger partial charge in [-0.05, 0) is 58.7 Å². The molecule has 0 radical (unpaired) electrons. The average molecular weight is 377 g/mol. The smallest absolute Gasteiger partial charge is 0.255 e. The van der Waals surface area contributed by atoms with Crippen LogP contribution in [0, 0.1) is 12.7 Å². The van der Waals surface area contributed by atoms with Crippen LogP contribution in [-0.2, 0) is 0 Å². The van der Waals surface area contributed by atoms with Gasteiger partial charge in [-0.1, -0.05) is 23.2 Å². The van der Waals surface area contributed by atoms with E-state index in [2.05, 4.69) is 21.2 Å². The molecule has 0 saturated carbocycles. The largest absolute Gasteiger partial charge is 0.321 e. The van der Waals surface area contributed by atoms with Gasteiger partial charge in [-0.2, -0.15) is 0 Å². The summed E-state index contributed by atoms with van der Waals surface area (Å²) in [5, 5.41) is 3.54. The minimum atomic E-state index is -0.432. The standard InChI is InChI=1S/C14H9BrCl2FNO/c1-7-4-11(17)13(6-10(7)16)19-14(20)8-2-3-12(18)9(15)5-8/h2-6H,1H3,(H,19,20). The average Bonchev–Trinajstić information content (AvgIpc) is 2.39. The normalized spacial score (nSPS) is 10.4. The zero-order valence-electron chi connectivity index (χ0n) is 10.3. The number of hydrogen-bond acceptors (Lipinski definition) is 1. The van der Waals surface area contributed by atoms with E-state index in [1.54, 1.807) is 12.1 Å². The first-order chi connectivity index (χ1) is 9.38. The zero-order valence-corrected chi connectivity index (χ0v) is 13.4. The van der Waals surface area contributed by atoms with E-state index in [1.165, 1.54) is 18.2 Å². The maximum atomic E-state index is 13.1. The highest BCUT2D eigenvalue weighted by atomic mass is 79.9. The third-order valence-electron chi connectivity index (χ3n) is 2.68. The molecule has 1 N–H and O–H groups in total. The third-order valence-corrected chi connectivity index (χ3v) is 4.01. The van der Waals surface area contributed by atoms with Crippen molar-refractivity contribution in [1.29, 1.82) is 0 Å². The second-order valence-corrected chi connectivity index (χ2v) is 5.83. The molecule has 104 valence electrons. The molecule has 2 nitrogen and oxygen atoms in total. The van der Waals surface area contributed by atoms with Crippen LogP contribution in [-0.4, -0.2) is 5.91 Å². The van der Waals surface area contributed by atoms with Gasteiger partial charge >= 0.3 is 0 Å². The quantitative estimate of drug-likeness (QED) is 0.741. The molecule has 0 saturated heterocycles. The van der Waals surface area contributed by atoms with E-state index >= 15 is 0 Å². The molecule has 2 rings (SSSR count). The van der Waals surface area contributed by atoms with E-state index in [-0.39, 0.29) is 4.47 Å². The Morgan fingerprint density at radius 2 is 1.90 bits per heavy atom. The van der Waals surface area contributed by atoms with Gasteiger partial charge in [0, 0.05) is 10.6 Å². The third kappa shape index (κ3) is 3.32. The lowest BCUT2D eigenvalue weighted by Gasteiger charge is -2.09. The Bertz CT molecular complexity index is 691. The van der Waals surface area contributed by atoms with E-state index in [4.69, 9.17) is 23.2 Å². The summed E-state index contributed by atoms with van der Waals surface area (Å²) in [6.45, 7) is 1.82. The summed E-state index contributed by atoms with van der Waals surface area (Å²) in [5.41, 5.74) is 1.54. The lowest BCUT2D eigenvalue weighted by molar-refractivity contribution is 0.102. The van der Waals surface area contributed by atoms with Crippen LogP contribution in [0.5, 0.6) is 0 Å². The number of amides is 1. The van der Waals surface area contributed by atoms with E-state index in [9.17, 15) is 9.18 Å². The van der Waals surface area contributed by atoms with Crippen LogP contribution in [0.4, 0.5) is 10.1 Å². The first-order valence-corrected chi connectivity index (χ1v) is 7.15. The molecule has 0 aliphatic rings. The van der Waals surface area contributed by atoms with Gasteiger partial charge in [0.15, 0.2) is 0 Å². The second-order valence-electron chi connectivity index (χ2n) is 4.16. The number of carbonyl (C=O) groups excluding carboxylic acids is 1. The highest BCUT2D eigenvalue weighted by Gasteiger charge is 2.12. The van der Waals surface area contributed by atoms with Gasteiger partial charge in [0.1, 0.15) is 5.82 Å². The number of rotatable bonds is 2. The zero-order chi connectivity index (χ0) is 14.9. The fourth-order valence-corrected chi connectivity index (χ4v) is 2.38. The highest BCUT2D eigenvalue weighted by molar-refractivity contribution is 9.10. The Labute approximate surface area is 134 Å². The summed E-state index contributed by atoms with van der Waals surface area (Å²) in [5.74, 6) is -0.828. The molecule has 0 aliphatic heterocycles. The van der Waals surface area contributed by atoms with Crippen molar-refractivity contribution in [2.75, 3.05) is 5.32 Å². The minimum Gasteiger partial charge on any atom is -0.321 e. The fourth-order valence-electron chi connectivity index (χ4n) is 1.57. The number of carbonyl (C=O) groups is 1. The predicted molar refractivity (Wildman–Crippen MR) is 83.3 cm³/mol. The van der Waals surface area contributed by atoms with Gasteiger partial charge in [-0.15, -0.1) is 0 Å². The molecular formula is C14H9BrCl2FNO. The summed E-state index contributed by atoms with van der Waals surface area (Å²) in [6.07, 6.45) is 0. The Hall–Kier alpha value is -1.10. The summed E-state index contributed by atoms with van der Waals surface area (Å²) in [4.78, 5) is 12.1. The van der Waals surface area contributed by atoms with Gasteiger partial charge in [0.2, 0.25) is 0 Å². The molecule has 0 heterocycles. The first kappa shape index (κ1) is 15.3. The van der Waals surface area contributed by atoms with Crippen LogP contribution in [0.15, 0.2) is 34.8 Å². The Kier molecular flexibility index (Phi) is 4.68. The molecule has 6 heteroatoms. The van der Waals surface area contributed by atoms with E-state index in [0.717, 1.165) is 5.56 Å². The van der Waals surface area contributed by atoms with Crippen LogP contribution in [0.25, 0.3) is 0 Å². The molecule has 2 aromatic carbocycles. The molecule has 0 bridgehead atoms. The number of benzene rings is 2. The second kappa shape index (κ2) is 6.12. The van der Waals surface area contributed by atoms with Gasteiger partial charge in [-0.3, -0.25) is 4.79 Å². The van der Waals surface area contributed by atoms with Crippen LogP contribution >= 0.6 is 39.1 Å². The molecule has 2 aromatic rings. The Morgan fingerprint density at radius 3 is 2.55 bits per heavy atom. The van der Waals surface area contributed by atoms with Crippen LogP contribution in [0.3, 0.4) is 0 Å². The van der Waals surface area contributed by atoms with Gasteiger partial charge in [0.25, 0.3) is 5.91 Å². The molecule has 0 atom stereocenters. The van der Waals surface area contributed by atoms with Gasteiger partial charge in [0.05, 0.1) is 15.2 Å². The Morgan fingerprint density at radius 1 is 1.20 bits per heavy atom. The van der Waals surface area contributed by atoms with Crippen molar-refractivity contribution in [2.45, 2.75) is 6.92 Å². The summed E-state index contributed by atoms with van der Waals surface area (Å²) in [6, 6.07) is 7.24. The summed E-state index contributed by atoms with van der Waals surface area (Å²) in [7, 11) is 0. The molecule has 0 fully saturated rings. The molecule has 1 amide bonds. The van der Waals surface area contributed by atoms with Crippen molar-refractivity contribution < 1.29 is 9.18 Å².